The zero-order valence-corrected chi connectivity index (χ0v) is 12.0. The largest absolute Gasteiger partial charge is 0.303 e. The first-order valence-corrected chi connectivity index (χ1v) is 7.19. The second-order valence-electron chi connectivity index (χ2n) is 4.26. The number of hydrogen-bond acceptors (Lipinski definition) is 5. The normalized spacial score (nSPS) is 10.1. The van der Waals surface area contributed by atoms with Crippen molar-refractivity contribution in [2.24, 2.45) is 0 Å². The Morgan fingerprint density at radius 3 is 2.57 bits per heavy atom. The zero-order valence-electron chi connectivity index (χ0n) is 11.1. The van der Waals surface area contributed by atoms with Crippen LogP contribution >= 0.6 is 11.8 Å². The third kappa shape index (κ3) is 3.30. The van der Waals surface area contributed by atoms with Crippen molar-refractivity contribution in [3.63, 3.8) is 0 Å². The molecular weight excluding hydrogens is 290 g/mol. The Hall–Kier alpha value is -2.59. The Morgan fingerprint density at radius 2 is 2.05 bits per heavy atom. The van der Waals surface area contributed by atoms with Crippen LogP contribution in [-0.2, 0) is 6.54 Å². The summed E-state index contributed by atoms with van der Waals surface area (Å²) in [6, 6.07) is 10.2. The van der Waals surface area contributed by atoms with Crippen LogP contribution in [0.5, 0.6) is 0 Å². The topological polar surface area (TPSA) is 88.9 Å². The van der Waals surface area contributed by atoms with Crippen LogP contribution in [0, 0.1) is 21.4 Å². The molecule has 0 spiro atoms. The van der Waals surface area contributed by atoms with Crippen LogP contribution in [0.1, 0.15) is 11.1 Å². The van der Waals surface area contributed by atoms with Gasteiger partial charge in [0.25, 0.3) is 11.2 Å². The second kappa shape index (κ2) is 6.24. The van der Waals surface area contributed by atoms with E-state index in [9.17, 15) is 14.9 Å². The number of thioether (sulfide) groups is 1. The van der Waals surface area contributed by atoms with E-state index >= 15 is 0 Å². The number of rotatable bonds is 4. The first-order chi connectivity index (χ1) is 10.0. The molecule has 0 fully saturated rings. The lowest BCUT2D eigenvalue weighted by molar-refractivity contribution is -0.385. The van der Waals surface area contributed by atoms with Gasteiger partial charge in [-0.25, -0.2) is 0 Å². The van der Waals surface area contributed by atoms with Gasteiger partial charge in [-0.3, -0.25) is 14.9 Å². The van der Waals surface area contributed by atoms with Crippen LogP contribution in [0.25, 0.3) is 0 Å². The highest BCUT2D eigenvalue weighted by Crippen LogP contribution is 2.16. The molecule has 1 aromatic heterocycles. The summed E-state index contributed by atoms with van der Waals surface area (Å²) in [5.74, 6) is 0. The Labute approximate surface area is 124 Å². The minimum Gasteiger partial charge on any atom is -0.303 e. The summed E-state index contributed by atoms with van der Waals surface area (Å²) in [6.07, 6.45) is 3.12. The molecule has 0 N–H and O–H groups in total. The van der Waals surface area contributed by atoms with Gasteiger partial charge in [-0.15, -0.1) is 11.8 Å². The van der Waals surface area contributed by atoms with Crippen LogP contribution in [0.4, 0.5) is 5.69 Å². The highest BCUT2D eigenvalue weighted by atomic mass is 32.2. The lowest BCUT2D eigenvalue weighted by Crippen LogP contribution is -2.23. The van der Waals surface area contributed by atoms with Gasteiger partial charge in [0.2, 0.25) is 0 Å². The van der Waals surface area contributed by atoms with E-state index in [1.807, 2.05) is 30.5 Å². The molecule has 0 unspecified atom stereocenters. The van der Waals surface area contributed by atoms with E-state index in [1.165, 1.54) is 4.57 Å². The molecule has 21 heavy (non-hydrogen) atoms. The number of benzene rings is 1. The van der Waals surface area contributed by atoms with Crippen molar-refractivity contribution < 1.29 is 4.92 Å². The van der Waals surface area contributed by atoms with Gasteiger partial charge in [-0.05, 0) is 24.0 Å². The van der Waals surface area contributed by atoms with Gasteiger partial charge in [-0.2, -0.15) is 5.26 Å². The van der Waals surface area contributed by atoms with Crippen molar-refractivity contribution in [1.82, 2.24) is 4.57 Å². The molecule has 1 aromatic carbocycles. The summed E-state index contributed by atoms with van der Waals surface area (Å²) in [5, 5.41) is 19.7. The predicted octanol–water partition coefficient (Wildman–Crippen LogP) is 2.40. The molecule has 106 valence electrons. The Morgan fingerprint density at radius 1 is 1.38 bits per heavy atom. The fourth-order valence-corrected chi connectivity index (χ4v) is 2.25. The van der Waals surface area contributed by atoms with Crippen molar-refractivity contribution in [2.45, 2.75) is 11.4 Å². The van der Waals surface area contributed by atoms with Crippen molar-refractivity contribution in [3.8, 4) is 6.07 Å². The maximum absolute atomic E-state index is 12.0. The van der Waals surface area contributed by atoms with Crippen LogP contribution in [-0.4, -0.2) is 15.7 Å². The molecule has 1 heterocycles. The maximum atomic E-state index is 12.0. The van der Waals surface area contributed by atoms with E-state index in [2.05, 4.69) is 0 Å². The van der Waals surface area contributed by atoms with Crippen LogP contribution in [0.3, 0.4) is 0 Å². The molecule has 0 aliphatic heterocycles. The fourth-order valence-electron chi connectivity index (χ4n) is 1.84. The molecule has 0 saturated carbocycles. The van der Waals surface area contributed by atoms with E-state index in [-0.39, 0.29) is 17.8 Å². The van der Waals surface area contributed by atoms with Crippen molar-refractivity contribution >= 4 is 17.4 Å². The third-order valence-corrected chi connectivity index (χ3v) is 3.66. The van der Waals surface area contributed by atoms with E-state index in [0.717, 1.165) is 22.7 Å². The Bertz CT molecular complexity index is 776. The molecule has 0 amide bonds. The molecule has 7 heteroatoms. The molecule has 0 saturated heterocycles. The lowest BCUT2D eigenvalue weighted by Gasteiger charge is -2.07. The molecule has 0 bridgehead atoms. The summed E-state index contributed by atoms with van der Waals surface area (Å²) < 4.78 is 1.19. The van der Waals surface area contributed by atoms with Gasteiger partial charge >= 0.3 is 0 Å². The highest BCUT2D eigenvalue weighted by molar-refractivity contribution is 7.98. The predicted molar refractivity (Wildman–Crippen MR) is 79.4 cm³/mol. The Balaban J connectivity index is 2.43. The maximum Gasteiger partial charge on any atom is 0.287 e. The lowest BCUT2D eigenvalue weighted by atomic mass is 10.2. The Kier molecular flexibility index (Phi) is 4.40. The SMILES string of the molecule is CSc1ccc(Cn2cc([N+](=O)[O-])cc(C#N)c2=O)cc1. The summed E-state index contributed by atoms with van der Waals surface area (Å²) in [5.41, 5.74) is -0.201. The summed E-state index contributed by atoms with van der Waals surface area (Å²) >= 11 is 1.60. The molecular formula is C14H11N3O3S. The van der Waals surface area contributed by atoms with Crippen molar-refractivity contribution in [3.05, 3.63) is 68.1 Å². The zero-order chi connectivity index (χ0) is 15.4. The van der Waals surface area contributed by atoms with Gasteiger partial charge in [0.05, 0.1) is 17.7 Å². The third-order valence-electron chi connectivity index (χ3n) is 2.91. The fraction of sp³-hybridized carbons (Fsp3) is 0.143. The molecule has 2 rings (SSSR count). The van der Waals surface area contributed by atoms with Gasteiger partial charge in [0, 0.05) is 11.0 Å². The number of pyridine rings is 1. The number of nitro groups is 1. The average molecular weight is 301 g/mol. The van der Waals surface area contributed by atoms with Gasteiger partial charge in [0.15, 0.2) is 0 Å². The van der Waals surface area contributed by atoms with Crippen molar-refractivity contribution in [1.29, 1.82) is 5.26 Å². The number of aromatic nitrogens is 1. The number of nitriles is 1. The monoisotopic (exact) mass is 301 g/mol. The molecule has 6 nitrogen and oxygen atoms in total. The second-order valence-corrected chi connectivity index (χ2v) is 5.14. The quantitative estimate of drug-likeness (QED) is 0.491. The minimum absolute atomic E-state index is 0.184. The van der Waals surface area contributed by atoms with Gasteiger partial charge in [0.1, 0.15) is 11.6 Å². The average Bonchev–Trinajstić information content (AvgIpc) is 2.49. The first kappa shape index (κ1) is 14.8. The van der Waals surface area contributed by atoms with E-state index in [4.69, 9.17) is 5.26 Å². The van der Waals surface area contributed by atoms with Crippen LogP contribution in [0.15, 0.2) is 46.2 Å². The van der Waals surface area contributed by atoms with Crippen LogP contribution in [0.2, 0.25) is 0 Å². The number of hydrogen-bond donors (Lipinski definition) is 0. The summed E-state index contributed by atoms with van der Waals surface area (Å²) in [4.78, 5) is 23.3. The molecule has 0 aliphatic carbocycles. The molecule has 2 aromatic rings. The van der Waals surface area contributed by atoms with Crippen LogP contribution < -0.4 is 5.56 Å². The van der Waals surface area contributed by atoms with E-state index in [0.29, 0.717) is 0 Å². The van der Waals surface area contributed by atoms with E-state index < -0.39 is 10.5 Å². The molecule has 0 atom stereocenters. The molecule has 0 aliphatic rings. The summed E-state index contributed by atoms with van der Waals surface area (Å²) in [7, 11) is 0. The highest BCUT2D eigenvalue weighted by Gasteiger charge is 2.13. The standard InChI is InChI=1S/C14H11N3O3S/c1-21-13-4-2-10(3-5-13)8-16-9-12(17(19)20)6-11(7-15)14(16)18/h2-6,9H,8H2,1H3. The smallest absolute Gasteiger partial charge is 0.287 e. The van der Waals surface area contributed by atoms with Gasteiger partial charge in [-0.1, -0.05) is 12.1 Å². The molecule has 0 radical (unpaired) electrons. The first-order valence-electron chi connectivity index (χ1n) is 5.97. The van der Waals surface area contributed by atoms with Gasteiger partial charge < -0.3 is 4.57 Å². The summed E-state index contributed by atoms with van der Waals surface area (Å²) in [6.45, 7) is 0.184. The van der Waals surface area contributed by atoms with E-state index in [1.54, 1.807) is 17.8 Å². The number of nitrogens with zero attached hydrogens (tertiary/aromatic N) is 3. The van der Waals surface area contributed by atoms with Crippen molar-refractivity contribution in [2.75, 3.05) is 6.26 Å². The minimum atomic E-state index is -0.617.